The third-order valence-corrected chi connectivity index (χ3v) is 11.0. The summed E-state index contributed by atoms with van der Waals surface area (Å²) in [5.41, 5.74) is 5.79. The first-order chi connectivity index (χ1) is 29.0. The van der Waals surface area contributed by atoms with Gasteiger partial charge in [-0.25, -0.2) is 0 Å². The van der Waals surface area contributed by atoms with E-state index in [9.17, 15) is 24.3 Å². The largest absolute Gasteiger partial charge is 0.488 e. The highest BCUT2D eigenvalue weighted by Crippen LogP contribution is 2.36. The Morgan fingerprint density at radius 2 is 0.850 bits per heavy atom. The first-order valence-electron chi connectivity index (χ1n) is 20.7. The van der Waals surface area contributed by atoms with Crippen molar-refractivity contribution in [1.82, 2.24) is 16.0 Å². The normalized spacial score (nSPS) is 11.1. The smallest absolute Gasteiger partial charge is 0.309 e. The minimum atomic E-state index is -1.17. The molecule has 314 valence electrons. The maximum Gasteiger partial charge on any atom is 0.309 e. The Balaban J connectivity index is 1.22. The van der Waals surface area contributed by atoms with E-state index >= 15 is 0 Å². The number of hydrogen-bond donors (Lipinski definition) is 4. The molecule has 0 heterocycles. The second-order valence-corrected chi connectivity index (χ2v) is 15.4. The van der Waals surface area contributed by atoms with Crippen LogP contribution in [0.1, 0.15) is 103 Å². The highest BCUT2D eigenvalue weighted by atomic mass is 16.5. The Hall–Kier alpha value is -6.42. The number of hydrogen-bond acceptors (Lipinski definition) is 6. The van der Waals surface area contributed by atoms with Crippen LogP contribution in [0.25, 0.3) is 0 Å². The number of carbonyl (C=O) groups excluding carboxylic acids is 3. The maximum atomic E-state index is 13.5. The molecule has 0 bridgehead atoms. The number of rotatable bonds is 22. The van der Waals surface area contributed by atoms with E-state index in [2.05, 4.69) is 16.0 Å². The third kappa shape index (κ3) is 12.3. The van der Waals surface area contributed by atoms with E-state index in [1.54, 1.807) is 18.2 Å². The fraction of sp³-hybridized carbons (Fsp3) is 0.320. The van der Waals surface area contributed by atoms with E-state index in [4.69, 9.17) is 9.47 Å². The van der Waals surface area contributed by atoms with Gasteiger partial charge in [0, 0.05) is 25.2 Å². The van der Waals surface area contributed by atoms with Gasteiger partial charge in [0.05, 0.1) is 16.5 Å². The summed E-state index contributed by atoms with van der Waals surface area (Å²) >= 11 is 0. The van der Waals surface area contributed by atoms with Crippen LogP contribution in [-0.2, 0) is 18.0 Å². The molecule has 0 saturated carbocycles. The number of benzene rings is 5. The van der Waals surface area contributed by atoms with Crippen LogP contribution in [0.4, 0.5) is 0 Å². The van der Waals surface area contributed by atoms with Crippen molar-refractivity contribution in [1.29, 1.82) is 0 Å². The van der Waals surface area contributed by atoms with Gasteiger partial charge in [-0.2, -0.15) is 0 Å². The third-order valence-electron chi connectivity index (χ3n) is 11.0. The Morgan fingerprint density at radius 3 is 1.25 bits per heavy atom. The van der Waals surface area contributed by atoms with Crippen molar-refractivity contribution in [2.75, 3.05) is 19.6 Å². The molecule has 5 aromatic rings. The molecule has 0 atom stereocenters. The summed E-state index contributed by atoms with van der Waals surface area (Å²) in [6.07, 6.45) is 2.08. The summed E-state index contributed by atoms with van der Waals surface area (Å²) in [6, 6.07) is 35.9. The van der Waals surface area contributed by atoms with Gasteiger partial charge in [0.15, 0.2) is 0 Å². The number of carboxylic acid groups (broad SMARTS) is 1. The molecular weight excluding hydrogens is 755 g/mol. The zero-order valence-corrected chi connectivity index (χ0v) is 35.1. The highest BCUT2D eigenvalue weighted by molar-refractivity contribution is 5.98. The van der Waals surface area contributed by atoms with Crippen molar-refractivity contribution in [2.24, 2.45) is 5.41 Å². The second-order valence-electron chi connectivity index (χ2n) is 15.4. The van der Waals surface area contributed by atoms with Crippen molar-refractivity contribution in [3.8, 4) is 11.5 Å². The molecule has 60 heavy (non-hydrogen) atoms. The number of amides is 3. The summed E-state index contributed by atoms with van der Waals surface area (Å²) in [5, 5.41) is 19.7. The monoisotopic (exact) mass is 811 g/mol. The van der Waals surface area contributed by atoms with Crippen molar-refractivity contribution in [3.63, 3.8) is 0 Å². The molecule has 0 spiro atoms. The molecule has 0 radical (unpaired) electrons. The van der Waals surface area contributed by atoms with Gasteiger partial charge in [-0.3, -0.25) is 19.2 Å². The first kappa shape index (κ1) is 44.7. The first-order valence-corrected chi connectivity index (χ1v) is 20.7. The molecule has 10 nitrogen and oxygen atoms in total. The number of carbonyl (C=O) groups is 4. The van der Waals surface area contributed by atoms with Crippen LogP contribution in [0.3, 0.4) is 0 Å². The number of para-hydroxylation sites is 2. The maximum absolute atomic E-state index is 13.5. The van der Waals surface area contributed by atoms with E-state index in [1.165, 1.54) is 0 Å². The average molecular weight is 812 g/mol. The van der Waals surface area contributed by atoms with E-state index in [-0.39, 0.29) is 43.7 Å². The van der Waals surface area contributed by atoms with Crippen molar-refractivity contribution < 1.29 is 33.8 Å². The predicted octanol–water partition coefficient (Wildman–Crippen LogP) is 9.08. The van der Waals surface area contributed by atoms with Gasteiger partial charge < -0.3 is 30.5 Å². The minimum Gasteiger partial charge on any atom is -0.488 e. The van der Waals surface area contributed by atoms with Gasteiger partial charge in [-0.15, -0.1) is 0 Å². The lowest BCUT2D eigenvalue weighted by Gasteiger charge is -2.30. The summed E-state index contributed by atoms with van der Waals surface area (Å²) in [4.78, 5) is 53.2. The van der Waals surface area contributed by atoms with E-state index in [1.807, 2.05) is 125 Å². The molecule has 0 unspecified atom stereocenters. The van der Waals surface area contributed by atoms with Gasteiger partial charge >= 0.3 is 5.97 Å². The molecule has 3 amide bonds. The summed E-state index contributed by atoms with van der Waals surface area (Å²) in [6.45, 7) is 9.07. The van der Waals surface area contributed by atoms with Gasteiger partial charge in [0.1, 0.15) is 24.7 Å². The van der Waals surface area contributed by atoms with Gasteiger partial charge in [0.2, 0.25) is 0 Å². The van der Waals surface area contributed by atoms with Crippen LogP contribution in [0.15, 0.2) is 115 Å². The number of carboxylic acids is 1. The van der Waals surface area contributed by atoms with Gasteiger partial charge in [0.25, 0.3) is 17.7 Å². The molecule has 0 aromatic heterocycles. The van der Waals surface area contributed by atoms with Crippen molar-refractivity contribution in [3.05, 3.63) is 165 Å². The van der Waals surface area contributed by atoms with Crippen LogP contribution < -0.4 is 25.4 Å². The van der Waals surface area contributed by atoms with E-state index < -0.39 is 11.4 Å². The Kier molecular flexibility index (Phi) is 16.4. The molecule has 0 saturated heterocycles. The van der Waals surface area contributed by atoms with Crippen LogP contribution >= 0.6 is 0 Å². The Morgan fingerprint density at radius 1 is 0.483 bits per heavy atom. The fourth-order valence-corrected chi connectivity index (χ4v) is 7.37. The van der Waals surface area contributed by atoms with Crippen molar-refractivity contribution in [2.45, 2.75) is 79.4 Å². The molecule has 0 aliphatic rings. The molecular formula is C50H57N3O7. The SMILES string of the molecule is Cc1cccc(C(=O)NCCCC(CCCNC(=O)c2cccc(C)c2OCc2ccccc2)(CCCNC(=O)c2cccc(C)c2OCc2ccccc2)C(=O)O)c1C. The summed E-state index contributed by atoms with van der Waals surface area (Å²) in [5.74, 6) is -0.750. The lowest BCUT2D eigenvalue weighted by atomic mass is 9.75. The minimum absolute atomic E-state index is 0.200. The molecule has 0 aliphatic carbocycles. The molecule has 10 heteroatoms. The van der Waals surface area contributed by atoms with Crippen LogP contribution in [0.5, 0.6) is 11.5 Å². The van der Waals surface area contributed by atoms with Crippen LogP contribution in [0, 0.1) is 33.1 Å². The summed E-state index contributed by atoms with van der Waals surface area (Å²) < 4.78 is 12.2. The Bertz CT molecular complexity index is 2110. The number of aliphatic carboxylic acids is 1. The molecule has 0 aliphatic heterocycles. The number of aryl methyl sites for hydroxylation is 3. The van der Waals surface area contributed by atoms with Crippen molar-refractivity contribution >= 4 is 23.7 Å². The standard InChI is InChI=1S/C50H57N3O7/c1-35-17-11-24-41(38(35)4)46(54)51-30-14-27-50(49(57)58,28-15-31-52-47(55)42-25-12-18-36(2)44(42)59-33-39-20-7-5-8-21-39)29-16-32-53-48(56)43-26-13-19-37(3)45(43)60-34-40-22-9-6-10-23-40/h5-13,17-26H,14-16,27-34H2,1-4H3,(H,51,54)(H,52,55)(H,53,56)(H,57,58). The number of nitrogens with one attached hydrogen (secondary N) is 3. The van der Waals surface area contributed by atoms with Gasteiger partial charge in [-0.05, 0) is 118 Å². The fourth-order valence-electron chi connectivity index (χ4n) is 7.37. The number of ether oxygens (including phenoxy) is 2. The zero-order valence-electron chi connectivity index (χ0n) is 35.1. The molecule has 5 rings (SSSR count). The van der Waals surface area contributed by atoms with Gasteiger partial charge in [-0.1, -0.05) is 97.1 Å². The summed E-state index contributed by atoms with van der Waals surface area (Å²) in [7, 11) is 0. The zero-order chi connectivity index (χ0) is 42.9. The van der Waals surface area contributed by atoms with E-state index in [0.717, 1.165) is 33.4 Å². The molecule has 0 fully saturated rings. The lowest BCUT2D eigenvalue weighted by Crippen LogP contribution is -2.36. The second kappa shape index (κ2) is 22.1. The molecule has 5 aromatic carbocycles. The average Bonchev–Trinajstić information content (AvgIpc) is 3.25. The van der Waals surface area contributed by atoms with E-state index in [0.29, 0.717) is 73.6 Å². The molecule has 4 N–H and O–H groups in total. The topological polar surface area (TPSA) is 143 Å². The predicted molar refractivity (Wildman–Crippen MR) is 235 cm³/mol. The lowest BCUT2D eigenvalue weighted by molar-refractivity contribution is -0.150. The quantitative estimate of drug-likeness (QED) is 0.0511. The Labute approximate surface area is 353 Å². The van der Waals surface area contributed by atoms with Crippen LogP contribution in [-0.4, -0.2) is 48.4 Å². The van der Waals surface area contributed by atoms with Crippen LogP contribution in [0.2, 0.25) is 0 Å². The highest BCUT2D eigenvalue weighted by Gasteiger charge is 2.37.